The van der Waals surface area contributed by atoms with Crippen LogP contribution in [-0.4, -0.2) is 25.3 Å². The lowest BCUT2D eigenvalue weighted by Gasteiger charge is -2.01. The van der Waals surface area contributed by atoms with Crippen molar-refractivity contribution < 1.29 is 14.7 Å². The van der Waals surface area contributed by atoms with E-state index in [1.165, 1.54) is 18.2 Å². The quantitative estimate of drug-likeness (QED) is 0.742. The summed E-state index contributed by atoms with van der Waals surface area (Å²) in [6.45, 7) is 1.86. The molecule has 0 radical (unpaired) electrons. The third-order valence-corrected chi connectivity index (χ3v) is 2.78. The average Bonchev–Trinajstić information content (AvgIpc) is 2.88. The summed E-state index contributed by atoms with van der Waals surface area (Å²) in [6.07, 6.45) is 0. The number of phenolic OH excluding ortho intramolecular Hbond substituents is 2. The lowest BCUT2D eigenvalue weighted by molar-refractivity contribution is 0.416. The number of aryl methyl sites for hydroxylation is 1. The fraction of sp³-hybridized carbons (Fsp3) is 0.0714. The van der Waals surface area contributed by atoms with Gasteiger partial charge < -0.3 is 14.7 Å². The first-order valence-electron chi connectivity index (χ1n) is 5.94. The van der Waals surface area contributed by atoms with E-state index in [1.807, 2.05) is 19.1 Å². The molecule has 2 N–H and O–H groups in total. The molecule has 1 aromatic carbocycles. The van der Waals surface area contributed by atoms with Gasteiger partial charge >= 0.3 is 0 Å². The van der Waals surface area contributed by atoms with Gasteiger partial charge in [0.2, 0.25) is 5.82 Å². The topological polar surface area (TPSA) is 92.3 Å². The first kappa shape index (κ1) is 12.2. The average molecular weight is 269 g/mol. The standard InChI is InChI=1S/C14H11N3O3/c1-8-4-2-5-9(15-8)13-16-14(20-17-13)12-10(18)6-3-7-11(12)19/h2-7,18-19H,1H3. The molecule has 3 aromatic rings. The number of phenols is 2. The Morgan fingerprint density at radius 3 is 2.35 bits per heavy atom. The van der Waals surface area contributed by atoms with Crippen LogP contribution in [0.4, 0.5) is 0 Å². The van der Waals surface area contributed by atoms with Crippen molar-refractivity contribution in [2.75, 3.05) is 0 Å². The van der Waals surface area contributed by atoms with Gasteiger partial charge in [-0.1, -0.05) is 17.3 Å². The molecule has 0 aliphatic carbocycles. The van der Waals surface area contributed by atoms with Crippen LogP contribution in [-0.2, 0) is 0 Å². The SMILES string of the molecule is Cc1cccc(-c2noc(-c3c(O)cccc3O)n2)n1. The van der Waals surface area contributed by atoms with Crippen molar-refractivity contribution in [1.82, 2.24) is 15.1 Å². The number of pyridine rings is 1. The molecule has 0 bridgehead atoms. The summed E-state index contributed by atoms with van der Waals surface area (Å²) in [7, 11) is 0. The van der Waals surface area contributed by atoms with Crippen molar-refractivity contribution in [2.24, 2.45) is 0 Å². The van der Waals surface area contributed by atoms with E-state index in [1.54, 1.807) is 6.07 Å². The first-order chi connectivity index (χ1) is 9.65. The Labute approximate surface area is 114 Å². The molecule has 6 nitrogen and oxygen atoms in total. The van der Waals surface area contributed by atoms with Crippen molar-refractivity contribution in [2.45, 2.75) is 6.92 Å². The lowest BCUT2D eigenvalue weighted by Crippen LogP contribution is -1.88. The molecule has 0 aliphatic heterocycles. The Morgan fingerprint density at radius 2 is 1.65 bits per heavy atom. The van der Waals surface area contributed by atoms with Crippen molar-refractivity contribution in [3.8, 4) is 34.5 Å². The monoisotopic (exact) mass is 269 g/mol. The zero-order chi connectivity index (χ0) is 14.1. The van der Waals surface area contributed by atoms with Crippen LogP contribution in [0.25, 0.3) is 23.0 Å². The van der Waals surface area contributed by atoms with Crippen LogP contribution < -0.4 is 0 Å². The number of rotatable bonds is 2. The van der Waals surface area contributed by atoms with Crippen LogP contribution in [0.15, 0.2) is 40.9 Å². The smallest absolute Gasteiger partial charge is 0.265 e. The summed E-state index contributed by atoms with van der Waals surface area (Å²) in [5.74, 6) is 0.0834. The van der Waals surface area contributed by atoms with Gasteiger partial charge in [-0.2, -0.15) is 4.98 Å². The van der Waals surface area contributed by atoms with E-state index < -0.39 is 0 Å². The van der Waals surface area contributed by atoms with E-state index in [0.717, 1.165) is 5.69 Å². The van der Waals surface area contributed by atoms with E-state index in [0.29, 0.717) is 11.5 Å². The number of hydrogen-bond donors (Lipinski definition) is 2. The van der Waals surface area contributed by atoms with Crippen molar-refractivity contribution >= 4 is 0 Å². The summed E-state index contributed by atoms with van der Waals surface area (Å²) in [4.78, 5) is 8.44. The second-order valence-corrected chi connectivity index (χ2v) is 4.26. The van der Waals surface area contributed by atoms with Crippen LogP contribution in [0.1, 0.15) is 5.69 Å². The molecule has 0 fully saturated rings. The molecular weight excluding hydrogens is 258 g/mol. The number of nitrogens with zero attached hydrogens (tertiary/aromatic N) is 3. The highest BCUT2D eigenvalue weighted by Gasteiger charge is 2.18. The van der Waals surface area contributed by atoms with Crippen LogP contribution in [0.3, 0.4) is 0 Å². The van der Waals surface area contributed by atoms with Gasteiger partial charge in [-0.15, -0.1) is 0 Å². The molecule has 6 heteroatoms. The molecule has 3 rings (SSSR count). The van der Waals surface area contributed by atoms with E-state index >= 15 is 0 Å². The van der Waals surface area contributed by atoms with Gasteiger partial charge in [-0.05, 0) is 31.2 Å². The maximum absolute atomic E-state index is 9.77. The zero-order valence-corrected chi connectivity index (χ0v) is 10.6. The maximum atomic E-state index is 9.77. The fourth-order valence-corrected chi connectivity index (χ4v) is 1.84. The van der Waals surface area contributed by atoms with E-state index in [2.05, 4.69) is 15.1 Å². The van der Waals surface area contributed by atoms with Gasteiger partial charge in [-0.3, -0.25) is 0 Å². The minimum atomic E-state index is -0.127. The molecule has 2 aromatic heterocycles. The summed E-state index contributed by atoms with van der Waals surface area (Å²) in [5.41, 5.74) is 1.51. The van der Waals surface area contributed by atoms with E-state index in [9.17, 15) is 10.2 Å². The minimum Gasteiger partial charge on any atom is -0.507 e. The summed E-state index contributed by atoms with van der Waals surface area (Å²) < 4.78 is 5.09. The highest BCUT2D eigenvalue weighted by molar-refractivity contribution is 5.70. The van der Waals surface area contributed by atoms with Crippen molar-refractivity contribution in [1.29, 1.82) is 0 Å². The predicted octanol–water partition coefficient (Wildman–Crippen LogP) is 2.52. The van der Waals surface area contributed by atoms with Crippen LogP contribution in [0.2, 0.25) is 0 Å². The lowest BCUT2D eigenvalue weighted by atomic mass is 10.2. The van der Waals surface area contributed by atoms with Gasteiger partial charge in [0, 0.05) is 5.69 Å². The second-order valence-electron chi connectivity index (χ2n) is 4.26. The number of hydrogen-bond acceptors (Lipinski definition) is 6. The Morgan fingerprint density at radius 1 is 0.950 bits per heavy atom. The fourth-order valence-electron chi connectivity index (χ4n) is 1.84. The Bertz CT molecular complexity index is 748. The van der Waals surface area contributed by atoms with Gasteiger partial charge in [0.25, 0.3) is 5.89 Å². The van der Waals surface area contributed by atoms with Gasteiger partial charge in [0.05, 0.1) is 0 Å². The Balaban J connectivity index is 2.07. The van der Waals surface area contributed by atoms with Crippen molar-refractivity contribution in [3.63, 3.8) is 0 Å². The van der Waals surface area contributed by atoms with E-state index in [-0.39, 0.29) is 23.0 Å². The normalized spacial score (nSPS) is 10.7. The molecule has 0 unspecified atom stereocenters. The maximum Gasteiger partial charge on any atom is 0.265 e. The molecule has 100 valence electrons. The third kappa shape index (κ3) is 2.07. The van der Waals surface area contributed by atoms with Gasteiger partial charge in [0.15, 0.2) is 0 Å². The van der Waals surface area contributed by atoms with E-state index in [4.69, 9.17) is 4.52 Å². The predicted molar refractivity (Wildman–Crippen MR) is 71.0 cm³/mol. The molecule has 0 saturated carbocycles. The third-order valence-electron chi connectivity index (χ3n) is 2.78. The Hall–Kier alpha value is -2.89. The van der Waals surface area contributed by atoms with Crippen LogP contribution in [0, 0.1) is 6.92 Å². The first-order valence-corrected chi connectivity index (χ1v) is 5.94. The summed E-state index contributed by atoms with van der Waals surface area (Å²) in [5, 5.41) is 23.3. The molecular formula is C14H11N3O3. The molecule has 2 heterocycles. The molecule has 20 heavy (non-hydrogen) atoms. The zero-order valence-electron chi connectivity index (χ0n) is 10.6. The highest BCUT2D eigenvalue weighted by atomic mass is 16.5. The summed E-state index contributed by atoms with van der Waals surface area (Å²) >= 11 is 0. The van der Waals surface area contributed by atoms with Gasteiger partial charge in [0.1, 0.15) is 22.8 Å². The molecule has 0 saturated heterocycles. The molecule has 0 atom stereocenters. The summed E-state index contributed by atoms with van der Waals surface area (Å²) in [6, 6.07) is 9.85. The largest absolute Gasteiger partial charge is 0.507 e. The van der Waals surface area contributed by atoms with Crippen LogP contribution >= 0.6 is 0 Å². The number of aromatic nitrogens is 3. The molecule has 0 amide bonds. The molecule has 0 spiro atoms. The number of benzene rings is 1. The number of aromatic hydroxyl groups is 2. The Kier molecular flexibility index (Phi) is 2.83. The van der Waals surface area contributed by atoms with Crippen LogP contribution in [0.5, 0.6) is 11.5 Å². The van der Waals surface area contributed by atoms with Gasteiger partial charge in [-0.25, -0.2) is 4.98 Å². The van der Waals surface area contributed by atoms with Crippen molar-refractivity contribution in [3.05, 3.63) is 42.1 Å². The molecule has 0 aliphatic rings. The minimum absolute atomic E-state index is 0.0407. The second kappa shape index (κ2) is 4.65. The highest BCUT2D eigenvalue weighted by Crippen LogP contribution is 2.36.